The minimum Gasteiger partial charge on any atom is -0.390 e. The van der Waals surface area contributed by atoms with E-state index < -0.39 is 0 Å². The Hall–Kier alpha value is -2.16. The number of carbonyl (C=O) groups excluding carboxylic acids is 1. The van der Waals surface area contributed by atoms with E-state index in [1.807, 2.05) is 53.4 Å². The lowest BCUT2D eigenvalue weighted by Crippen LogP contribution is -2.14. The van der Waals surface area contributed by atoms with Gasteiger partial charge in [-0.2, -0.15) is 0 Å². The number of benzene rings is 1. The number of nitrogens with zero attached hydrogens (tertiary/aromatic N) is 3. The van der Waals surface area contributed by atoms with Crippen LogP contribution < -0.4 is 5.32 Å². The summed E-state index contributed by atoms with van der Waals surface area (Å²) in [6.45, 7) is 2.40. The van der Waals surface area contributed by atoms with Crippen molar-refractivity contribution in [3.63, 3.8) is 0 Å². The Kier molecular flexibility index (Phi) is 5.85. The third-order valence-corrected chi connectivity index (χ3v) is 5.21. The molecule has 3 aromatic rings. The summed E-state index contributed by atoms with van der Waals surface area (Å²) in [6.07, 6.45) is 1.82. The molecule has 0 fully saturated rings. The zero-order chi connectivity index (χ0) is 17.6. The summed E-state index contributed by atoms with van der Waals surface area (Å²) in [5, 5.41) is 15.3. The number of anilines is 1. The van der Waals surface area contributed by atoms with Crippen LogP contribution in [0.25, 0.3) is 0 Å². The largest absolute Gasteiger partial charge is 0.390 e. The van der Waals surface area contributed by atoms with E-state index in [2.05, 4.69) is 15.3 Å². The lowest BCUT2D eigenvalue weighted by molar-refractivity contribution is -0.113. The van der Waals surface area contributed by atoms with Gasteiger partial charge in [0.1, 0.15) is 0 Å². The van der Waals surface area contributed by atoms with Crippen LogP contribution >= 0.6 is 23.1 Å². The first-order valence-electron chi connectivity index (χ1n) is 7.69. The molecule has 130 valence electrons. The molecule has 0 saturated carbocycles. The van der Waals surface area contributed by atoms with Crippen LogP contribution in [0.5, 0.6) is 0 Å². The standard InChI is InChI=1S/C17H18N4O2S2/c1-12-10-24-16(18-12)20-15(23)11-25-17-19-14(9-22)8-21(17)7-13-5-3-2-4-6-13/h2-6,8,10,22H,7,9,11H2,1H3,(H,18,20,23). The molecule has 0 spiro atoms. The van der Waals surface area contributed by atoms with Crippen molar-refractivity contribution in [3.05, 3.63) is 58.9 Å². The molecule has 0 atom stereocenters. The van der Waals surface area contributed by atoms with Crippen molar-refractivity contribution in [2.45, 2.75) is 25.2 Å². The number of imidazole rings is 1. The summed E-state index contributed by atoms with van der Waals surface area (Å²) in [6, 6.07) is 10.00. The van der Waals surface area contributed by atoms with Gasteiger partial charge in [0.2, 0.25) is 5.91 Å². The maximum atomic E-state index is 12.1. The summed E-state index contributed by atoms with van der Waals surface area (Å²) in [5.41, 5.74) is 2.61. The fourth-order valence-corrected chi connectivity index (χ4v) is 3.73. The molecule has 2 N–H and O–H groups in total. The van der Waals surface area contributed by atoms with E-state index in [0.29, 0.717) is 22.5 Å². The van der Waals surface area contributed by atoms with Gasteiger partial charge >= 0.3 is 0 Å². The molecule has 6 nitrogen and oxygen atoms in total. The Morgan fingerprint density at radius 2 is 2.12 bits per heavy atom. The molecule has 8 heteroatoms. The molecule has 2 heterocycles. The van der Waals surface area contributed by atoms with Crippen LogP contribution in [0.1, 0.15) is 17.0 Å². The van der Waals surface area contributed by atoms with Crippen LogP contribution in [0.4, 0.5) is 5.13 Å². The molecule has 0 bridgehead atoms. The average Bonchev–Trinajstić information content (AvgIpc) is 3.20. The minimum absolute atomic E-state index is 0.125. The molecule has 25 heavy (non-hydrogen) atoms. The van der Waals surface area contributed by atoms with Crippen LogP contribution in [0.2, 0.25) is 0 Å². The number of nitrogens with one attached hydrogen (secondary N) is 1. The van der Waals surface area contributed by atoms with Gasteiger partial charge in [-0.3, -0.25) is 4.79 Å². The summed E-state index contributed by atoms with van der Waals surface area (Å²) in [7, 11) is 0. The van der Waals surface area contributed by atoms with Crippen LogP contribution in [0.15, 0.2) is 47.1 Å². The predicted octanol–water partition coefficient (Wildman–Crippen LogP) is 2.92. The Morgan fingerprint density at radius 3 is 2.80 bits per heavy atom. The number of aryl methyl sites for hydroxylation is 1. The number of carbonyl (C=O) groups is 1. The molecule has 2 aromatic heterocycles. The fourth-order valence-electron chi connectivity index (χ4n) is 2.23. The van der Waals surface area contributed by atoms with Crippen molar-refractivity contribution in [1.29, 1.82) is 0 Å². The Balaban J connectivity index is 1.64. The van der Waals surface area contributed by atoms with Gasteiger partial charge in [0.05, 0.1) is 23.7 Å². The first kappa shape index (κ1) is 17.7. The predicted molar refractivity (Wildman–Crippen MR) is 99.9 cm³/mol. The number of aliphatic hydroxyl groups is 1. The number of aliphatic hydroxyl groups excluding tert-OH is 1. The van der Waals surface area contributed by atoms with E-state index >= 15 is 0 Å². The summed E-state index contributed by atoms with van der Waals surface area (Å²) in [4.78, 5) is 20.7. The van der Waals surface area contributed by atoms with Crippen molar-refractivity contribution in [1.82, 2.24) is 14.5 Å². The van der Waals surface area contributed by atoms with Gasteiger partial charge in [-0.25, -0.2) is 9.97 Å². The summed E-state index contributed by atoms with van der Waals surface area (Å²) < 4.78 is 1.95. The number of aromatic nitrogens is 3. The van der Waals surface area contributed by atoms with E-state index in [4.69, 9.17) is 0 Å². The van der Waals surface area contributed by atoms with Gasteiger partial charge in [0.25, 0.3) is 0 Å². The number of amides is 1. The topological polar surface area (TPSA) is 80.0 Å². The molecule has 3 rings (SSSR count). The third kappa shape index (κ3) is 4.91. The molecule has 1 amide bonds. The van der Waals surface area contributed by atoms with Crippen molar-refractivity contribution in [3.8, 4) is 0 Å². The molecule has 0 aliphatic rings. The highest BCUT2D eigenvalue weighted by Gasteiger charge is 2.12. The van der Waals surface area contributed by atoms with Gasteiger partial charge in [-0.15, -0.1) is 11.3 Å². The maximum absolute atomic E-state index is 12.1. The first-order chi connectivity index (χ1) is 12.1. The van der Waals surface area contributed by atoms with Crippen LogP contribution in [0.3, 0.4) is 0 Å². The summed E-state index contributed by atoms with van der Waals surface area (Å²) in [5.74, 6) is 0.106. The monoisotopic (exact) mass is 374 g/mol. The van der Waals surface area contributed by atoms with Crippen molar-refractivity contribution < 1.29 is 9.90 Å². The normalized spacial score (nSPS) is 10.8. The van der Waals surface area contributed by atoms with Crippen molar-refractivity contribution in [2.75, 3.05) is 11.1 Å². The lowest BCUT2D eigenvalue weighted by Gasteiger charge is -2.07. The second kappa shape index (κ2) is 8.28. The fraction of sp³-hybridized carbons (Fsp3) is 0.235. The van der Waals surface area contributed by atoms with E-state index in [1.54, 1.807) is 0 Å². The van der Waals surface area contributed by atoms with E-state index in [9.17, 15) is 9.90 Å². The lowest BCUT2D eigenvalue weighted by atomic mass is 10.2. The smallest absolute Gasteiger partial charge is 0.236 e. The van der Waals surface area contributed by atoms with Crippen LogP contribution in [-0.4, -0.2) is 31.3 Å². The van der Waals surface area contributed by atoms with Gasteiger partial charge in [-0.05, 0) is 12.5 Å². The molecule has 1 aromatic carbocycles. The van der Waals surface area contributed by atoms with Gasteiger partial charge in [0, 0.05) is 18.1 Å². The number of thioether (sulfide) groups is 1. The Bertz CT molecular complexity index is 845. The first-order valence-corrected chi connectivity index (χ1v) is 9.56. The second-order valence-electron chi connectivity index (χ2n) is 5.42. The second-order valence-corrected chi connectivity index (χ2v) is 7.22. The highest BCUT2D eigenvalue weighted by molar-refractivity contribution is 7.99. The zero-order valence-electron chi connectivity index (χ0n) is 13.7. The van der Waals surface area contributed by atoms with Crippen LogP contribution in [-0.2, 0) is 17.9 Å². The number of hydrogen-bond donors (Lipinski definition) is 2. The van der Waals surface area contributed by atoms with E-state index in [-0.39, 0.29) is 18.3 Å². The van der Waals surface area contributed by atoms with Gasteiger partial charge in [-0.1, -0.05) is 42.1 Å². The Morgan fingerprint density at radius 1 is 1.32 bits per heavy atom. The summed E-state index contributed by atoms with van der Waals surface area (Å²) >= 11 is 2.75. The molecular weight excluding hydrogens is 356 g/mol. The SMILES string of the molecule is Cc1csc(NC(=O)CSc2nc(CO)cn2Cc2ccccc2)n1. The van der Waals surface area contributed by atoms with Crippen molar-refractivity contribution >= 4 is 34.1 Å². The average molecular weight is 374 g/mol. The van der Waals surface area contributed by atoms with Gasteiger partial charge in [0.15, 0.2) is 10.3 Å². The number of hydrogen-bond acceptors (Lipinski definition) is 6. The van der Waals surface area contributed by atoms with E-state index in [1.165, 1.54) is 23.1 Å². The molecule has 0 unspecified atom stereocenters. The van der Waals surface area contributed by atoms with Gasteiger partial charge < -0.3 is 15.0 Å². The number of thiazole rings is 1. The third-order valence-electron chi connectivity index (χ3n) is 3.35. The highest BCUT2D eigenvalue weighted by atomic mass is 32.2. The minimum atomic E-state index is -0.126. The molecule has 0 saturated heterocycles. The maximum Gasteiger partial charge on any atom is 0.236 e. The Labute approximate surface area is 153 Å². The zero-order valence-corrected chi connectivity index (χ0v) is 15.3. The molecule has 0 radical (unpaired) electrons. The highest BCUT2D eigenvalue weighted by Crippen LogP contribution is 2.21. The molecule has 0 aliphatic heterocycles. The number of rotatable bonds is 7. The molecular formula is C17H18N4O2S2. The molecule has 0 aliphatic carbocycles. The van der Waals surface area contributed by atoms with Crippen LogP contribution in [0, 0.1) is 6.92 Å². The quantitative estimate of drug-likeness (QED) is 0.622. The van der Waals surface area contributed by atoms with Crippen molar-refractivity contribution in [2.24, 2.45) is 0 Å². The van der Waals surface area contributed by atoms with E-state index in [0.717, 1.165) is 11.3 Å².